The number of amides is 1. The van der Waals surface area contributed by atoms with Crippen molar-refractivity contribution in [1.82, 2.24) is 0 Å². The molecular weight excluding hydrogens is 318 g/mol. The van der Waals surface area contributed by atoms with Gasteiger partial charge in [0.2, 0.25) is 5.71 Å². The number of anilines is 2. The van der Waals surface area contributed by atoms with E-state index < -0.39 is 0 Å². The average molecular weight is 333 g/mol. The summed E-state index contributed by atoms with van der Waals surface area (Å²) in [6, 6.07) is 17.0. The maximum atomic E-state index is 12.5. The lowest BCUT2D eigenvalue weighted by Crippen LogP contribution is -2.14. The van der Waals surface area contributed by atoms with Gasteiger partial charge < -0.3 is 10.1 Å². The molecule has 2 N–H and O–H groups in total. The molecule has 0 aliphatic rings. The number of nitrogens with one attached hydrogen (secondary N) is 2. The van der Waals surface area contributed by atoms with Crippen LogP contribution in [0.4, 0.5) is 11.4 Å². The minimum atomic E-state index is -0.359. The van der Waals surface area contributed by atoms with Gasteiger partial charge in [0.05, 0.1) is 17.9 Å². The van der Waals surface area contributed by atoms with Crippen molar-refractivity contribution < 1.29 is 9.53 Å². The fraction of sp³-hybridized carbons (Fsp3) is 0.111. The minimum Gasteiger partial charge on any atom is -0.494 e. The number of hydrogen-bond donors (Lipinski definition) is 2. The Kier molecular flexibility index (Phi) is 6.10. The standard InChI is InChI=1S/C18H15N5O2/c1-2-25-15-7-5-6-13(10-15)21-18(24)16-8-3-4-9-17(16)23-22-14(11-19)12-20/h3-10,23H,2H2,1H3,(H,21,24). The van der Waals surface area contributed by atoms with Crippen molar-refractivity contribution in [2.45, 2.75) is 6.92 Å². The number of nitrogens with zero attached hydrogens (tertiary/aromatic N) is 3. The van der Waals surface area contributed by atoms with Crippen LogP contribution in [0.25, 0.3) is 0 Å². The summed E-state index contributed by atoms with van der Waals surface area (Å²) in [5.74, 6) is 0.298. The minimum absolute atomic E-state index is 0.322. The van der Waals surface area contributed by atoms with Gasteiger partial charge in [-0.2, -0.15) is 15.6 Å². The van der Waals surface area contributed by atoms with E-state index in [4.69, 9.17) is 15.3 Å². The van der Waals surface area contributed by atoms with Crippen LogP contribution in [-0.4, -0.2) is 18.2 Å². The van der Waals surface area contributed by atoms with E-state index in [0.717, 1.165) is 0 Å². The molecule has 2 rings (SSSR count). The third-order valence-corrected chi connectivity index (χ3v) is 3.07. The maximum absolute atomic E-state index is 12.5. The summed E-state index contributed by atoms with van der Waals surface area (Å²) in [6.45, 7) is 2.41. The zero-order valence-electron chi connectivity index (χ0n) is 13.5. The fourth-order valence-corrected chi connectivity index (χ4v) is 2.00. The summed E-state index contributed by atoms with van der Waals surface area (Å²) >= 11 is 0. The van der Waals surface area contributed by atoms with Crippen LogP contribution in [0.1, 0.15) is 17.3 Å². The van der Waals surface area contributed by atoms with Gasteiger partial charge in [-0.3, -0.25) is 10.2 Å². The van der Waals surface area contributed by atoms with E-state index in [2.05, 4.69) is 15.8 Å². The number of ether oxygens (including phenoxy) is 1. The third kappa shape index (κ3) is 4.81. The summed E-state index contributed by atoms with van der Waals surface area (Å²) in [4.78, 5) is 12.5. The molecule has 0 unspecified atom stereocenters. The van der Waals surface area contributed by atoms with Gasteiger partial charge in [0.25, 0.3) is 5.91 Å². The van der Waals surface area contributed by atoms with Crippen LogP contribution in [0.3, 0.4) is 0 Å². The van der Waals surface area contributed by atoms with E-state index in [1.807, 2.05) is 6.92 Å². The van der Waals surface area contributed by atoms with Crippen molar-refractivity contribution in [3.63, 3.8) is 0 Å². The first-order valence-electron chi connectivity index (χ1n) is 7.45. The van der Waals surface area contributed by atoms with E-state index in [1.54, 1.807) is 60.7 Å². The lowest BCUT2D eigenvalue weighted by molar-refractivity contribution is 0.102. The Balaban J connectivity index is 2.20. The molecule has 0 saturated heterocycles. The third-order valence-electron chi connectivity index (χ3n) is 3.07. The molecule has 0 aliphatic carbocycles. The van der Waals surface area contributed by atoms with Gasteiger partial charge in [-0.15, -0.1) is 0 Å². The van der Waals surface area contributed by atoms with Crippen molar-refractivity contribution in [3.8, 4) is 17.9 Å². The summed E-state index contributed by atoms with van der Waals surface area (Å²) in [5.41, 5.74) is 3.53. The van der Waals surface area contributed by atoms with Crippen molar-refractivity contribution >= 4 is 23.0 Å². The molecule has 0 bridgehead atoms. The highest BCUT2D eigenvalue weighted by atomic mass is 16.5. The first-order valence-corrected chi connectivity index (χ1v) is 7.45. The second-order valence-corrected chi connectivity index (χ2v) is 4.76. The molecule has 2 aromatic carbocycles. The highest BCUT2D eigenvalue weighted by molar-refractivity contribution is 6.11. The van der Waals surface area contributed by atoms with Crippen LogP contribution in [0.15, 0.2) is 53.6 Å². The van der Waals surface area contributed by atoms with E-state index in [-0.39, 0.29) is 11.6 Å². The molecule has 0 radical (unpaired) electrons. The molecule has 0 heterocycles. The Labute approximate surface area is 145 Å². The summed E-state index contributed by atoms with van der Waals surface area (Å²) < 4.78 is 5.40. The molecule has 7 nitrogen and oxygen atoms in total. The van der Waals surface area contributed by atoms with Gasteiger partial charge in [0.1, 0.15) is 17.9 Å². The van der Waals surface area contributed by atoms with Gasteiger partial charge >= 0.3 is 0 Å². The topological polar surface area (TPSA) is 110 Å². The normalized spacial score (nSPS) is 9.24. The fourth-order valence-electron chi connectivity index (χ4n) is 2.00. The highest BCUT2D eigenvalue weighted by Gasteiger charge is 2.11. The smallest absolute Gasteiger partial charge is 0.257 e. The lowest BCUT2D eigenvalue weighted by Gasteiger charge is -2.10. The van der Waals surface area contributed by atoms with Crippen molar-refractivity contribution in [2.24, 2.45) is 5.10 Å². The largest absolute Gasteiger partial charge is 0.494 e. The molecule has 0 aliphatic heterocycles. The number of rotatable bonds is 6. The molecule has 7 heteroatoms. The van der Waals surface area contributed by atoms with Gasteiger partial charge in [-0.25, -0.2) is 0 Å². The Bertz CT molecular complexity index is 862. The van der Waals surface area contributed by atoms with Gasteiger partial charge in [0.15, 0.2) is 0 Å². The molecule has 0 saturated carbocycles. The summed E-state index contributed by atoms with van der Waals surface area (Å²) in [7, 11) is 0. The highest BCUT2D eigenvalue weighted by Crippen LogP contribution is 2.20. The Hall–Kier alpha value is -3.84. The molecule has 0 aromatic heterocycles. The second-order valence-electron chi connectivity index (χ2n) is 4.76. The number of para-hydroxylation sites is 1. The van der Waals surface area contributed by atoms with Gasteiger partial charge in [-0.1, -0.05) is 18.2 Å². The SMILES string of the molecule is CCOc1cccc(NC(=O)c2ccccc2NN=C(C#N)C#N)c1. The van der Waals surface area contributed by atoms with Crippen molar-refractivity contribution in [3.05, 3.63) is 54.1 Å². The van der Waals surface area contributed by atoms with Gasteiger partial charge in [-0.05, 0) is 31.2 Å². The Morgan fingerprint density at radius 3 is 2.64 bits per heavy atom. The number of hydrazone groups is 1. The monoisotopic (exact) mass is 333 g/mol. The number of carbonyl (C=O) groups excluding carboxylic acids is 1. The van der Waals surface area contributed by atoms with E-state index in [0.29, 0.717) is 29.3 Å². The zero-order valence-corrected chi connectivity index (χ0v) is 13.5. The Morgan fingerprint density at radius 2 is 1.92 bits per heavy atom. The molecule has 124 valence electrons. The average Bonchev–Trinajstić information content (AvgIpc) is 2.63. The first-order chi connectivity index (χ1) is 12.2. The van der Waals surface area contributed by atoms with Crippen LogP contribution in [0, 0.1) is 22.7 Å². The molecule has 0 fully saturated rings. The first kappa shape index (κ1) is 17.5. The van der Waals surface area contributed by atoms with Crippen molar-refractivity contribution in [1.29, 1.82) is 10.5 Å². The van der Waals surface area contributed by atoms with Crippen LogP contribution in [-0.2, 0) is 0 Å². The number of carbonyl (C=O) groups is 1. The van der Waals surface area contributed by atoms with E-state index in [9.17, 15) is 4.79 Å². The van der Waals surface area contributed by atoms with Crippen LogP contribution >= 0.6 is 0 Å². The molecule has 2 aromatic rings. The predicted molar refractivity (Wildman–Crippen MR) is 94.3 cm³/mol. The van der Waals surface area contributed by atoms with Gasteiger partial charge in [0, 0.05) is 11.8 Å². The number of hydrogen-bond acceptors (Lipinski definition) is 6. The molecular formula is C18H15N5O2. The molecule has 1 amide bonds. The quantitative estimate of drug-likeness (QED) is 0.623. The number of nitriles is 2. The van der Waals surface area contributed by atoms with Crippen molar-refractivity contribution in [2.75, 3.05) is 17.3 Å². The van der Waals surface area contributed by atoms with E-state index >= 15 is 0 Å². The zero-order chi connectivity index (χ0) is 18.1. The molecule has 25 heavy (non-hydrogen) atoms. The predicted octanol–water partition coefficient (Wildman–Crippen LogP) is 3.15. The van der Waals surface area contributed by atoms with Crippen LogP contribution < -0.4 is 15.5 Å². The maximum Gasteiger partial charge on any atom is 0.257 e. The van der Waals surface area contributed by atoms with Crippen LogP contribution in [0.2, 0.25) is 0 Å². The number of benzene rings is 2. The lowest BCUT2D eigenvalue weighted by atomic mass is 10.1. The summed E-state index contributed by atoms with van der Waals surface area (Å²) in [5, 5.41) is 23.9. The molecule has 0 atom stereocenters. The summed E-state index contributed by atoms with van der Waals surface area (Å²) in [6.07, 6.45) is 0. The van der Waals surface area contributed by atoms with Crippen LogP contribution in [0.5, 0.6) is 5.75 Å². The molecule has 0 spiro atoms. The van der Waals surface area contributed by atoms with E-state index in [1.165, 1.54) is 0 Å². The second kappa shape index (κ2) is 8.70. The Morgan fingerprint density at radius 1 is 1.16 bits per heavy atom.